The second kappa shape index (κ2) is 16.4. The molecule has 4 aliphatic rings. The molecule has 0 saturated carbocycles. The van der Waals surface area contributed by atoms with Gasteiger partial charge in [0.1, 0.15) is 23.5 Å². The van der Waals surface area contributed by atoms with Gasteiger partial charge in [0.25, 0.3) is 22.0 Å². The van der Waals surface area contributed by atoms with E-state index in [9.17, 15) is 22.4 Å². The summed E-state index contributed by atoms with van der Waals surface area (Å²) in [5, 5.41) is 8.18. The Labute approximate surface area is 325 Å². The van der Waals surface area contributed by atoms with Crippen molar-refractivity contribution >= 4 is 28.0 Å². The second-order valence-electron chi connectivity index (χ2n) is 17.1. The molecule has 6 rings (SSSR count). The van der Waals surface area contributed by atoms with Gasteiger partial charge in [-0.3, -0.25) is 4.79 Å². The van der Waals surface area contributed by atoms with E-state index in [-0.39, 0.29) is 53.7 Å². The molecule has 0 atom stereocenters. The van der Waals surface area contributed by atoms with Gasteiger partial charge in [0.15, 0.2) is 5.82 Å². The number of piperidine rings is 2. The molecule has 4 saturated heterocycles. The summed E-state index contributed by atoms with van der Waals surface area (Å²) in [5.41, 5.74) is -0.326. The van der Waals surface area contributed by atoms with E-state index in [1.165, 1.54) is 28.8 Å². The molecule has 0 radical (unpaired) electrons. The number of ether oxygens (including phenoxy) is 2. The van der Waals surface area contributed by atoms with Crippen molar-refractivity contribution in [3.05, 3.63) is 35.9 Å². The number of rotatable bonds is 10. The zero-order valence-corrected chi connectivity index (χ0v) is 34.2. The fourth-order valence-electron chi connectivity index (χ4n) is 8.33. The zero-order chi connectivity index (χ0) is 39.7. The standard InChI is InChI=1S/C38H58FN9O6S/c1-27(2)48(28(3)4)35(49)31-22-30(39)8-9-32(31)53-34-33(40-26-41-42-34)45-24-38(25-45)12-16-43(17-13-38)23-29-10-14-46(15-11-29)55(51,52)47-20-18-44(19-21-47)36(50)54-37(5,6)7/h8-9,22,26-29H,10-21,23-25H2,1-7H3. The van der Waals surface area contributed by atoms with Crippen LogP contribution in [-0.2, 0) is 14.9 Å². The Morgan fingerprint density at radius 1 is 0.945 bits per heavy atom. The molecule has 4 aliphatic heterocycles. The van der Waals surface area contributed by atoms with E-state index < -0.39 is 27.7 Å². The van der Waals surface area contributed by atoms with Crippen LogP contribution < -0.4 is 9.64 Å². The first-order valence-corrected chi connectivity index (χ1v) is 21.0. The van der Waals surface area contributed by atoms with Crippen molar-refractivity contribution in [2.75, 3.05) is 76.9 Å². The minimum Gasteiger partial charge on any atom is -0.444 e. The maximum absolute atomic E-state index is 14.4. The molecule has 0 aliphatic carbocycles. The highest BCUT2D eigenvalue weighted by atomic mass is 32.2. The molecule has 0 N–H and O–H groups in total. The van der Waals surface area contributed by atoms with Crippen molar-refractivity contribution in [3.8, 4) is 11.6 Å². The smallest absolute Gasteiger partial charge is 0.410 e. The monoisotopic (exact) mass is 787 g/mol. The van der Waals surface area contributed by atoms with Crippen molar-refractivity contribution in [1.29, 1.82) is 0 Å². The molecule has 55 heavy (non-hydrogen) atoms. The van der Waals surface area contributed by atoms with Crippen molar-refractivity contribution in [2.45, 2.75) is 91.8 Å². The quantitative estimate of drug-likeness (QED) is 0.337. The van der Waals surface area contributed by atoms with Gasteiger partial charge in [0.05, 0.1) is 5.56 Å². The Kier molecular flexibility index (Phi) is 12.2. The number of likely N-dealkylation sites (tertiary alicyclic amines) is 1. The van der Waals surface area contributed by atoms with Crippen LogP contribution in [0.3, 0.4) is 0 Å². The van der Waals surface area contributed by atoms with Crippen molar-refractivity contribution in [1.82, 2.24) is 38.5 Å². The fraction of sp³-hybridized carbons (Fsp3) is 0.711. The molecule has 2 aromatic rings. The number of piperazine rings is 1. The van der Waals surface area contributed by atoms with E-state index in [1.807, 2.05) is 48.5 Å². The Morgan fingerprint density at radius 2 is 1.56 bits per heavy atom. The Morgan fingerprint density at radius 3 is 2.16 bits per heavy atom. The molecule has 2 amide bonds. The number of carbonyl (C=O) groups excluding carboxylic acids is 2. The maximum atomic E-state index is 14.4. The van der Waals surface area contributed by atoms with Crippen molar-refractivity contribution in [3.63, 3.8) is 0 Å². The van der Waals surface area contributed by atoms with Crippen LogP contribution in [0.25, 0.3) is 0 Å². The summed E-state index contributed by atoms with van der Waals surface area (Å²) in [7, 11) is -3.59. The molecule has 304 valence electrons. The predicted molar refractivity (Wildman–Crippen MR) is 206 cm³/mol. The van der Waals surface area contributed by atoms with Crippen LogP contribution in [0.15, 0.2) is 24.5 Å². The number of benzene rings is 1. The van der Waals surface area contributed by atoms with Gasteiger partial charge in [-0.25, -0.2) is 14.2 Å². The Bertz CT molecular complexity index is 1770. The van der Waals surface area contributed by atoms with Crippen molar-refractivity contribution < 1.29 is 31.9 Å². The predicted octanol–water partition coefficient (Wildman–Crippen LogP) is 4.47. The van der Waals surface area contributed by atoms with Crippen LogP contribution in [-0.4, -0.2) is 149 Å². The lowest BCUT2D eigenvalue weighted by Crippen LogP contribution is -2.61. The lowest BCUT2D eigenvalue weighted by molar-refractivity contribution is 0.0188. The van der Waals surface area contributed by atoms with E-state index in [4.69, 9.17) is 9.47 Å². The number of hydrogen-bond acceptors (Lipinski definition) is 11. The Balaban J connectivity index is 0.972. The molecule has 1 aromatic carbocycles. The summed E-state index contributed by atoms with van der Waals surface area (Å²) in [4.78, 5) is 38.4. The van der Waals surface area contributed by atoms with E-state index in [1.54, 1.807) is 14.1 Å². The topological polar surface area (TPSA) is 145 Å². The first-order chi connectivity index (χ1) is 25.9. The minimum atomic E-state index is -3.59. The van der Waals surface area contributed by atoms with Gasteiger partial charge in [0.2, 0.25) is 0 Å². The van der Waals surface area contributed by atoms with Gasteiger partial charge in [-0.2, -0.15) is 17.0 Å². The molecule has 1 aromatic heterocycles. The van der Waals surface area contributed by atoms with Gasteiger partial charge in [-0.1, -0.05) is 0 Å². The Hall–Kier alpha value is -3.67. The van der Waals surface area contributed by atoms with E-state index in [2.05, 4.69) is 25.0 Å². The van der Waals surface area contributed by atoms with Crippen LogP contribution >= 0.6 is 0 Å². The molecular formula is C38H58FN9O6S. The van der Waals surface area contributed by atoms with Gasteiger partial charge in [0, 0.05) is 76.4 Å². The van der Waals surface area contributed by atoms with Crippen molar-refractivity contribution in [2.24, 2.45) is 11.3 Å². The molecule has 15 nitrogen and oxygen atoms in total. The van der Waals surface area contributed by atoms with Gasteiger partial charge in [-0.05, 0) is 111 Å². The molecule has 5 heterocycles. The average Bonchev–Trinajstić information content (AvgIpc) is 3.11. The normalized spacial score (nSPS) is 20.5. The van der Waals surface area contributed by atoms with E-state index in [0.29, 0.717) is 37.9 Å². The highest BCUT2D eigenvalue weighted by Gasteiger charge is 2.47. The molecule has 0 bridgehead atoms. The molecule has 17 heteroatoms. The maximum Gasteiger partial charge on any atom is 0.410 e. The number of carbonyl (C=O) groups is 2. The molecule has 4 fully saturated rings. The molecule has 0 unspecified atom stereocenters. The number of amides is 2. The third kappa shape index (κ3) is 9.48. The fourth-order valence-corrected chi connectivity index (χ4v) is 9.95. The van der Waals surface area contributed by atoms with Gasteiger partial charge < -0.3 is 29.1 Å². The second-order valence-corrected chi connectivity index (χ2v) is 19.0. The first kappa shape index (κ1) is 41.0. The van der Waals surface area contributed by atoms with Gasteiger partial charge >= 0.3 is 6.09 Å². The number of nitrogens with zero attached hydrogens (tertiary/aromatic N) is 9. The largest absolute Gasteiger partial charge is 0.444 e. The highest BCUT2D eigenvalue weighted by molar-refractivity contribution is 7.86. The number of aromatic nitrogens is 3. The zero-order valence-electron chi connectivity index (χ0n) is 33.4. The SMILES string of the molecule is CC(C)N(C(=O)c1cc(F)ccc1Oc1nncnc1N1CC2(CCN(CC3CCN(S(=O)(=O)N4CCN(C(=O)OC(C)(C)C)CC4)CC3)CC2)C1)C(C)C. The summed E-state index contributed by atoms with van der Waals surface area (Å²) < 4.78 is 56.1. The summed E-state index contributed by atoms with van der Waals surface area (Å²) in [6, 6.07) is 3.74. The third-order valence-electron chi connectivity index (χ3n) is 11.2. The first-order valence-electron chi connectivity index (χ1n) is 19.6. The molecule has 1 spiro atoms. The number of halogens is 1. The van der Waals surface area contributed by atoms with Crippen LogP contribution in [0, 0.1) is 17.2 Å². The average molecular weight is 788 g/mol. The van der Waals surface area contributed by atoms with Gasteiger partial charge in [-0.15, -0.1) is 10.2 Å². The molecular weight excluding hydrogens is 730 g/mol. The number of hydrogen-bond donors (Lipinski definition) is 0. The highest BCUT2D eigenvalue weighted by Crippen LogP contribution is 2.45. The van der Waals surface area contributed by atoms with Crippen LogP contribution in [0.4, 0.5) is 15.0 Å². The third-order valence-corrected chi connectivity index (χ3v) is 13.2. The summed E-state index contributed by atoms with van der Waals surface area (Å²) in [6.45, 7) is 19.8. The summed E-state index contributed by atoms with van der Waals surface area (Å²) >= 11 is 0. The lowest BCUT2D eigenvalue weighted by atomic mass is 9.72. The summed E-state index contributed by atoms with van der Waals surface area (Å²) in [6.07, 6.45) is 4.71. The van der Waals surface area contributed by atoms with Crippen LogP contribution in [0.2, 0.25) is 0 Å². The van der Waals surface area contributed by atoms with Crippen LogP contribution in [0.1, 0.15) is 84.5 Å². The van der Waals surface area contributed by atoms with E-state index in [0.717, 1.165) is 58.4 Å². The van der Waals surface area contributed by atoms with E-state index >= 15 is 0 Å². The lowest BCUT2D eigenvalue weighted by Gasteiger charge is -2.54. The minimum absolute atomic E-state index is 0.0921. The number of anilines is 1. The van der Waals surface area contributed by atoms with Crippen LogP contribution in [0.5, 0.6) is 11.6 Å². The summed E-state index contributed by atoms with van der Waals surface area (Å²) in [5.74, 6) is 0.500.